The fourth-order valence-electron chi connectivity index (χ4n) is 2.61. The number of fused-ring (bicyclic) bond motifs is 1. The van der Waals surface area contributed by atoms with Gasteiger partial charge in [-0.15, -0.1) is 0 Å². The van der Waals surface area contributed by atoms with Crippen LogP contribution in [-0.4, -0.2) is 12.5 Å². The molecule has 1 heterocycles. The van der Waals surface area contributed by atoms with Gasteiger partial charge in [0.25, 0.3) is 0 Å². The smallest absolute Gasteiger partial charge is 0.223 e. The molecule has 0 aromatic carbocycles. The third kappa shape index (κ3) is 1.13. The lowest BCUT2D eigenvalue weighted by atomic mass is 9.82. The summed E-state index contributed by atoms with van der Waals surface area (Å²) in [6.07, 6.45) is 2.32. The van der Waals surface area contributed by atoms with Gasteiger partial charge in [-0.3, -0.25) is 4.79 Å². The van der Waals surface area contributed by atoms with Crippen molar-refractivity contribution in [3.8, 4) is 0 Å². The number of amides is 1. The van der Waals surface area contributed by atoms with Crippen molar-refractivity contribution in [3.05, 3.63) is 0 Å². The van der Waals surface area contributed by atoms with Crippen LogP contribution in [-0.2, 0) is 4.79 Å². The Morgan fingerprint density at radius 2 is 2.25 bits per heavy atom. The lowest BCUT2D eigenvalue weighted by Crippen LogP contribution is -2.23. The quantitative estimate of drug-likeness (QED) is 0.631. The molecular weight excluding hydrogens is 150 g/mol. The Morgan fingerprint density at radius 1 is 1.58 bits per heavy atom. The first kappa shape index (κ1) is 8.09. The van der Waals surface area contributed by atoms with Crippen molar-refractivity contribution in [1.29, 1.82) is 0 Å². The van der Waals surface area contributed by atoms with Crippen molar-refractivity contribution in [1.82, 2.24) is 5.32 Å². The van der Waals surface area contributed by atoms with Gasteiger partial charge in [0, 0.05) is 17.9 Å². The molecule has 68 valence electrons. The summed E-state index contributed by atoms with van der Waals surface area (Å²) in [5, 5.41) is 2.94. The fourth-order valence-corrected chi connectivity index (χ4v) is 2.61. The van der Waals surface area contributed by atoms with Crippen molar-refractivity contribution in [2.75, 3.05) is 6.54 Å². The number of rotatable bonds is 1. The van der Waals surface area contributed by atoms with Gasteiger partial charge in [0.1, 0.15) is 0 Å². The Hall–Kier alpha value is -0.530. The second-order valence-corrected chi connectivity index (χ2v) is 5.57. The number of hydrogen-bond acceptors (Lipinski definition) is 1. The van der Waals surface area contributed by atoms with Crippen molar-refractivity contribution < 1.29 is 4.79 Å². The summed E-state index contributed by atoms with van der Waals surface area (Å²) in [7, 11) is 0. The maximum atomic E-state index is 11.2. The molecule has 2 nitrogen and oxygen atoms in total. The van der Waals surface area contributed by atoms with Crippen LogP contribution in [0.3, 0.4) is 0 Å². The van der Waals surface area contributed by atoms with Gasteiger partial charge in [-0.2, -0.15) is 0 Å². The number of carbonyl (C=O) groups excluding carboxylic acids is 1. The Morgan fingerprint density at radius 3 is 2.58 bits per heavy atom. The van der Waals surface area contributed by atoms with E-state index in [4.69, 9.17) is 0 Å². The zero-order valence-corrected chi connectivity index (χ0v) is 8.11. The van der Waals surface area contributed by atoms with Crippen LogP contribution in [0.5, 0.6) is 0 Å². The van der Waals surface area contributed by atoms with Crippen LogP contribution in [0.4, 0.5) is 0 Å². The monoisotopic (exact) mass is 167 g/mol. The van der Waals surface area contributed by atoms with Gasteiger partial charge in [0.2, 0.25) is 5.91 Å². The maximum absolute atomic E-state index is 11.2. The predicted molar refractivity (Wildman–Crippen MR) is 47.6 cm³/mol. The largest absolute Gasteiger partial charge is 0.355 e. The van der Waals surface area contributed by atoms with Gasteiger partial charge in [-0.25, -0.2) is 0 Å². The SMILES string of the molecule is CC(C)(C)CC12CNC(=O)C1C2. The van der Waals surface area contributed by atoms with E-state index >= 15 is 0 Å². The van der Waals surface area contributed by atoms with Crippen LogP contribution in [0.2, 0.25) is 0 Å². The first-order valence-electron chi connectivity index (χ1n) is 4.71. The van der Waals surface area contributed by atoms with E-state index in [1.54, 1.807) is 0 Å². The van der Waals surface area contributed by atoms with E-state index < -0.39 is 0 Å². The van der Waals surface area contributed by atoms with E-state index in [0.717, 1.165) is 13.0 Å². The summed E-state index contributed by atoms with van der Waals surface area (Å²) in [5.41, 5.74) is 0.719. The normalized spacial score (nSPS) is 39.2. The molecule has 1 N–H and O–H groups in total. The highest BCUT2D eigenvalue weighted by Crippen LogP contribution is 2.60. The lowest BCUT2D eigenvalue weighted by molar-refractivity contribution is -0.120. The number of nitrogens with one attached hydrogen (secondary N) is 1. The van der Waals surface area contributed by atoms with Gasteiger partial charge < -0.3 is 5.32 Å². The first-order valence-corrected chi connectivity index (χ1v) is 4.71. The summed E-state index contributed by atoms with van der Waals surface area (Å²) in [6.45, 7) is 7.67. The average molecular weight is 167 g/mol. The second kappa shape index (κ2) is 2.04. The molecule has 2 fully saturated rings. The lowest BCUT2D eigenvalue weighted by Gasteiger charge is -2.23. The molecule has 1 saturated heterocycles. The molecule has 2 unspecified atom stereocenters. The molecule has 1 saturated carbocycles. The van der Waals surface area contributed by atoms with Crippen LogP contribution >= 0.6 is 0 Å². The maximum Gasteiger partial charge on any atom is 0.223 e. The van der Waals surface area contributed by atoms with E-state index in [9.17, 15) is 4.79 Å². The molecule has 0 bridgehead atoms. The van der Waals surface area contributed by atoms with Crippen LogP contribution < -0.4 is 5.32 Å². The third-order valence-corrected chi connectivity index (χ3v) is 3.00. The molecule has 0 aromatic rings. The topological polar surface area (TPSA) is 29.1 Å². The average Bonchev–Trinajstić information content (AvgIpc) is 2.49. The Labute approximate surface area is 73.7 Å². The van der Waals surface area contributed by atoms with Crippen molar-refractivity contribution in [2.45, 2.75) is 33.6 Å². The molecule has 1 aliphatic heterocycles. The van der Waals surface area contributed by atoms with Crippen LogP contribution in [0.1, 0.15) is 33.6 Å². The zero-order valence-electron chi connectivity index (χ0n) is 8.11. The van der Waals surface area contributed by atoms with E-state index in [1.807, 2.05) is 0 Å². The minimum atomic E-state index is 0.291. The molecule has 0 radical (unpaired) electrons. The number of hydrogen-bond donors (Lipinski definition) is 1. The summed E-state index contributed by atoms with van der Waals surface area (Å²) >= 11 is 0. The second-order valence-electron chi connectivity index (χ2n) is 5.57. The van der Waals surface area contributed by atoms with Gasteiger partial charge in [-0.1, -0.05) is 20.8 Å². The summed E-state index contributed by atoms with van der Waals surface area (Å²) in [4.78, 5) is 11.2. The summed E-state index contributed by atoms with van der Waals surface area (Å²) in [5.74, 6) is 0.649. The van der Waals surface area contributed by atoms with Gasteiger partial charge in [-0.05, 0) is 18.3 Å². The Balaban J connectivity index is 2.04. The van der Waals surface area contributed by atoms with Gasteiger partial charge >= 0.3 is 0 Å². The Bertz CT molecular complexity index is 228. The molecule has 2 atom stereocenters. The highest BCUT2D eigenvalue weighted by atomic mass is 16.2. The molecule has 1 aliphatic carbocycles. The molecule has 2 rings (SSSR count). The fraction of sp³-hybridized carbons (Fsp3) is 0.900. The first-order chi connectivity index (χ1) is 5.43. The molecule has 2 aliphatic rings. The Kier molecular flexibility index (Phi) is 1.37. The summed E-state index contributed by atoms with van der Waals surface area (Å²) < 4.78 is 0. The highest BCUT2D eigenvalue weighted by Gasteiger charge is 2.62. The molecular formula is C10H17NO. The van der Waals surface area contributed by atoms with Crippen LogP contribution in [0.25, 0.3) is 0 Å². The standard InChI is InChI=1S/C10H17NO/c1-9(2,3)5-10-4-7(10)8(12)11-6-10/h7H,4-6H2,1-3H3,(H,11,12). The molecule has 0 aromatic heterocycles. The van der Waals surface area contributed by atoms with E-state index in [1.165, 1.54) is 6.42 Å². The van der Waals surface area contributed by atoms with Gasteiger partial charge in [0.05, 0.1) is 0 Å². The van der Waals surface area contributed by atoms with Crippen LogP contribution in [0, 0.1) is 16.7 Å². The molecule has 2 heteroatoms. The highest BCUT2D eigenvalue weighted by molar-refractivity contribution is 5.85. The van der Waals surface area contributed by atoms with Crippen molar-refractivity contribution in [3.63, 3.8) is 0 Å². The number of carbonyl (C=O) groups is 1. The predicted octanol–water partition coefficient (Wildman–Crippen LogP) is 1.56. The van der Waals surface area contributed by atoms with Crippen molar-refractivity contribution in [2.24, 2.45) is 16.7 Å². The van der Waals surface area contributed by atoms with Gasteiger partial charge in [0.15, 0.2) is 0 Å². The zero-order chi connectivity index (χ0) is 8.98. The molecule has 12 heavy (non-hydrogen) atoms. The minimum absolute atomic E-state index is 0.291. The molecule has 1 amide bonds. The van der Waals surface area contributed by atoms with E-state index in [-0.39, 0.29) is 0 Å². The van der Waals surface area contributed by atoms with Crippen LogP contribution in [0.15, 0.2) is 0 Å². The van der Waals surface area contributed by atoms with E-state index in [0.29, 0.717) is 22.7 Å². The van der Waals surface area contributed by atoms with Crippen molar-refractivity contribution >= 4 is 5.91 Å². The minimum Gasteiger partial charge on any atom is -0.355 e. The molecule has 0 spiro atoms. The van der Waals surface area contributed by atoms with E-state index in [2.05, 4.69) is 26.1 Å². The number of piperidine rings is 1. The summed E-state index contributed by atoms with van der Waals surface area (Å²) in [6, 6.07) is 0. The third-order valence-electron chi connectivity index (χ3n) is 3.00.